The Morgan fingerprint density at radius 1 is 1.42 bits per heavy atom. The van der Waals surface area contributed by atoms with Crippen molar-refractivity contribution in [3.8, 4) is 5.75 Å². The number of aryl methyl sites for hydroxylation is 1. The summed E-state index contributed by atoms with van der Waals surface area (Å²) in [6, 6.07) is 0. The van der Waals surface area contributed by atoms with E-state index < -0.39 is 0 Å². The lowest BCUT2D eigenvalue weighted by atomic mass is 10.2. The van der Waals surface area contributed by atoms with Crippen molar-refractivity contribution in [2.75, 3.05) is 18.5 Å². The molecular weight excluding hydrogens is 300 g/mol. The zero-order chi connectivity index (χ0) is 17.4. The molecule has 0 saturated heterocycles. The number of rotatable bonds is 8. The summed E-state index contributed by atoms with van der Waals surface area (Å²) in [5.41, 5.74) is 2.01. The molecule has 0 saturated carbocycles. The van der Waals surface area contributed by atoms with Crippen LogP contribution >= 0.6 is 0 Å². The quantitative estimate of drug-likeness (QED) is 0.726. The molecule has 0 aromatic carbocycles. The van der Waals surface area contributed by atoms with E-state index in [1.165, 1.54) is 0 Å². The Morgan fingerprint density at radius 3 is 3.00 bits per heavy atom. The first-order chi connectivity index (χ1) is 11.6. The number of unbranched alkanes of at least 4 members (excludes halogenated alkanes) is 1. The predicted molar refractivity (Wildman–Crippen MR) is 98.7 cm³/mol. The van der Waals surface area contributed by atoms with Crippen molar-refractivity contribution in [3.63, 3.8) is 0 Å². The van der Waals surface area contributed by atoms with Crippen LogP contribution in [-0.2, 0) is 0 Å². The number of allylic oxidation sites excluding steroid dienone is 3. The maximum atomic E-state index is 5.91. The van der Waals surface area contributed by atoms with E-state index >= 15 is 0 Å². The first kappa shape index (κ1) is 17.8. The number of hydrogen-bond donors (Lipinski definition) is 1. The lowest BCUT2D eigenvalue weighted by Crippen LogP contribution is -2.12. The fourth-order valence-corrected chi connectivity index (χ4v) is 2.16. The number of anilines is 1. The normalized spacial score (nSPS) is 14.2. The lowest BCUT2D eigenvalue weighted by molar-refractivity contribution is 0.348. The molecule has 2 heterocycles. The molecule has 0 radical (unpaired) electrons. The van der Waals surface area contributed by atoms with Gasteiger partial charge in [0.2, 0.25) is 0 Å². The largest absolute Gasteiger partial charge is 0.484 e. The minimum atomic E-state index is 0.468. The van der Waals surface area contributed by atoms with Gasteiger partial charge >= 0.3 is 0 Å². The van der Waals surface area contributed by atoms with Crippen LogP contribution in [0.5, 0.6) is 5.75 Å². The van der Waals surface area contributed by atoms with E-state index in [-0.39, 0.29) is 0 Å². The number of aromatic nitrogens is 2. The van der Waals surface area contributed by atoms with Crippen molar-refractivity contribution in [2.24, 2.45) is 0 Å². The van der Waals surface area contributed by atoms with Gasteiger partial charge in [0.25, 0.3) is 0 Å². The summed E-state index contributed by atoms with van der Waals surface area (Å²) in [5.74, 6) is 2.17. The SMILES string of the molecule is C=C1C=CC=CN1/C=C(\C)COc1cnc(C)nc1NCCCC. The van der Waals surface area contributed by atoms with E-state index in [1.807, 2.05) is 49.4 Å². The fourth-order valence-electron chi connectivity index (χ4n) is 2.16. The van der Waals surface area contributed by atoms with Crippen molar-refractivity contribution in [1.82, 2.24) is 14.9 Å². The molecule has 128 valence electrons. The Balaban J connectivity index is 1.99. The highest BCUT2D eigenvalue weighted by molar-refractivity contribution is 5.48. The van der Waals surface area contributed by atoms with Gasteiger partial charge in [0.1, 0.15) is 12.4 Å². The Labute approximate surface area is 144 Å². The minimum absolute atomic E-state index is 0.468. The highest BCUT2D eigenvalue weighted by Crippen LogP contribution is 2.22. The molecule has 5 heteroatoms. The summed E-state index contributed by atoms with van der Waals surface area (Å²) in [6.07, 6.45) is 13.9. The van der Waals surface area contributed by atoms with Crippen LogP contribution in [-0.4, -0.2) is 28.0 Å². The molecule has 0 aliphatic carbocycles. The van der Waals surface area contributed by atoms with E-state index in [2.05, 4.69) is 28.8 Å². The maximum Gasteiger partial charge on any atom is 0.180 e. The van der Waals surface area contributed by atoms with Crippen molar-refractivity contribution >= 4 is 5.82 Å². The predicted octanol–water partition coefficient (Wildman–Crippen LogP) is 4.18. The number of ether oxygens (including phenoxy) is 1. The second-order valence-electron chi connectivity index (χ2n) is 5.77. The molecule has 0 atom stereocenters. The third-order valence-corrected chi connectivity index (χ3v) is 3.49. The van der Waals surface area contributed by atoms with Gasteiger partial charge in [-0.3, -0.25) is 0 Å². The van der Waals surface area contributed by atoms with Gasteiger partial charge in [0.15, 0.2) is 11.6 Å². The first-order valence-corrected chi connectivity index (χ1v) is 8.30. The molecule has 5 nitrogen and oxygen atoms in total. The molecule has 1 aromatic rings. The first-order valence-electron chi connectivity index (χ1n) is 8.30. The Morgan fingerprint density at radius 2 is 2.25 bits per heavy atom. The van der Waals surface area contributed by atoms with Gasteiger partial charge in [-0.15, -0.1) is 0 Å². The summed E-state index contributed by atoms with van der Waals surface area (Å²) < 4.78 is 5.91. The molecule has 2 rings (SSSR count). The monoisotopic (exact) mass is 326 g/mol. The molecule has 0 bridgehead atoms. The minimum Gasteiger partial charge on any atom is -0.484 e. The number of nitrogens with one attached hydrogen (secondary N) is 1. The summed E-state index contributed by atoms with van der Waals surface area (Å²) in [4.78, 5) is 10.6. The topological polar surface area (TPSA) is 50.3 Å². The van der Waals surface area contributed by atoms with Crippen molar-refractivity contribution in [3.05, 3.63) is 60.5 Å². The van der Waals surface area contributed by atoms with E-state index in [0.29, 0.717) is 12.4 Å². The van der Waals surface area contributed by atoms with E-state index in [4.69, 9.17) is 4.74 Å². The molecule has 0 spiro atoms. The lowest BCUT2D eigenvalue weighted by Gasteiger charge is -2.19. The van der Waals surface area contributed by atoms with E-state index in [1.54, 1.807) is 6.20 Å². The maximum absolute atomic E-state index is 5.91. The van der Waals surface area contributed by atoms with Crippen molar-refractivity contribution < 1.29 is 4.74 Å². The second-order valence-corrected chi connectivity index (χ2v) is 5.77. The van der Waals surface area contributed by atoms with Gasteiger partial charge in [-0.05, 0) is 38.0 Å². The van der Waals surface area contributed by atoms with Crippen LogP contribution in [0.2, 0.25) is 0 Å². The van der Waals surface area contributed by atoms with Crippen LogP contribution in [0.1, 0.15) is 32.5 Å². The molecule has 24 heavy (non-hydrogen) atoms. The number of hydrogen-bond acceptors (Lipinski definition) is 5. The molecule has 0 amide bonds. The van der Waals surface area contributed by atoms with Crippen LogP contribution in [0.25, 0.3) is 0 Å². The molecule has 0 fully saturated rings. The highest BCUT2D eigenvalue weighted by atomic mass is 16.5. The average Bonchev–Trinajstić information content (AvgIpc) is 2.56. The van der Waals surface area contributed by atoms with Crippen LogP contribution in [0.15, 0.2) is 54.7 Å². The zero-order valence-electron chi connectivity index (χ0n) is 14.7. The Hall–Kier alpha value is -2.56. The van der Waals surface area contributed by atoms with E-state index in [9.17, 15) is 0 Å². The molecule has 0 unspecified atom stereocenters. The summed E-state index contributed by atoms with van der Waals surface area (Å²) in [7, 11) is 0. The summed E-state index contributed by atoms with van der Waals surface area (Å²) >= 11 is 0. The van der Waals surface area contributed by atoms with Crippen molar-refractivity contribution in [1.29, 1.82) is 0 Å². The molecular formula is C19H26N4O. The van der Waals surface area contributed by atoms with Gasteiger partial charge in [-0.25, -0.2) is 9.97 Å². The van der Waals surface area contributed by atoms with Crippen LogP contribution < -0.4 is 10.1 Å². The smallest absolute Gasteiger partial charge is 0.180 e. The zero-order valence-corrected chi connectivity index (χ0v) is 14.7. The molecule has 1 aromatic heterocycles. The van der Waals surface area contributed by atoms with E-state index in [0.717, 1.165) is 42.3 Å². The fraction of sp³-hybridized carbons (Fsp3) is 0.368. The average molecular weight is 326 g/mol. The summed E-state index contributed by atoms with van der Waals surface area (Å²) in [6.45, 7) is 11.4. The van der Waals surface area contributed by atoms with Crippen LogP contribution in [0, 0.1) is 6.92 Å². The van der Waals surface area contributed by atoms with Gasteiger partial charge in [-0.1, -0.05) is 26.0 Å². The molecule has 1 N–H and O–H groups in total. The second kappa shape index (κ2) is 8.91. The van der Waals surface area contributed by atoms with Gasteiger partial charge < -0.3 is 15.0 Å². The third-order valence-electron chi connectivity index (χ3n) is 3.49. The van der Waals surface area contributed by atoms with Gasteiger partial charge in [0, 0.05) is 24.6 Å². The highest BCUT2D eigenvalue weighted by Gasteiger charge is 2.08. The Kier molecular flexibility index (Phi) is 6.61. The Bertz CT molecular complexity index is 661. The third kappa shape index (κ3) is 5.26. The van der Waals surface area contributed by atoms with Gasteiger partial charge in [-0.2, -0.15) is 0 Å². The summed E-state index contributed by atoms with van der Waals surface area (Å²) in [5, 5.41) is 3.33. The number of nitrogens with zero attached hydrogens (tertiary/aromatic N) is 3. The molecule has 1 aliphatic heterocycles. The van der Waals surface area contributed by atoms with Crippen molar-refractivity contribution in [2.45, 2.75) is 33.6 Å². The molecule has 1 aliphatic rings. The standard InChI is InChI=1S/C19H26N4O/c1-5-6-10-20-19-18(12-21-17(4)22-19)24-14-15(2)13-23-11-8-7-9-16(23)3/h7-9,11-13H,3,5-6,10,14H2,1-2,4H3,(H,20,21,22)/b15-13+. The van der Waals surface area contributed by atoms with Crippen LogP contribution in [0.4, 0.5) is 5.82 Å². The van der Waals surface area contributed by atoms with Crippen LogP contribution in [0.3, 0.4) is 0 Å². The van der Waals surface area contributed by atoms with Gasteiger partial charge in [0.05, 0.1) is 6.20 Å².